The summed E-state index contributed by atoms with van der Waals surface area (Å²) < 4.78 is 54.7. The van der Waals surface area contributed by atoms with Gasteiger partial charge in [-0.05, 0) is 72.2 Å². The Morgan fingerprint density at radius 1 is 1.02 bits per heavy atom. The number of rotatable bonds is 6. The standard InChI is InChI=1S/C29H40O11/c1-15-22(23-20(14-33-15)36-27(3,4)38-23)35-26-24-25(40-28(5,6)39-24)29(7,16(2)34-26)37-21(31)12-10-17-9-11-18(30)19(13-17)32-8/h9-13,15-16,20,22-26,30H,14H2,1-8H3/b12-10+/t15?,16?,20?,22?,23?,24?,25?,26?,29-/m1/s1. The second-order valence-corrected chi connectivity index (χ2v) is 11.8. The van der Waals surface area contributed by atoms with Crippen LogP contribution in [0.4, 0.5) is 0 Å². The average molecular weight is 565 g/mol. The van der Waals surface area contributed by atoms with Crippen LogP contribution in [0.1, 0.15) is 54.0 Å². The Kier molecular flexibility index (Phi) is 7.71. The van der Waals surface area contributed by atoms with Gasteiger partial charge in [0.1, 0.15) is 36.6 Å². The molecule has 0 bridgehead atoms. The Hall–Kier alpha value is -2.25. The Labute approximate surface area is 234 Å². The van der Waals surface area contributed by atoms with E-state index in [-0.39, 0.29) is 24.1 Å². The summed E-state index contributed by atoms with van der Waals surface area (Å²) in [6, 6.07) is 4.76. The number of methoxy groups -OCH3 is 1. The fraction of sp³-hybridized carbons (Fsp3) is 0.690. The average Bonchev–Trinajstić information content (AvgIpc) is 3.38. The van der Waals surface area contributed by atoms with Crippen LogP contribution in [0.2, 0.25) is 0 Å². The van der Waals surface area contributed by atoms with E-state index in [1.165, 1.54) is 19.3 Å². The minimum atomic E-state index is -1.20. The molecule has 0 radical (unpaired) electrons. The number of benzene rings is 1. The van der Waals surface area contributed by atoms with Crippen molar-refractivity contribution in [2.75, 3.05) is 13.7 Å². The van der Waals surface area contributed by atoms with Gasteiger partial charge in [0.05, 0.1) is 19.8 Å². The van der Waals surface area contributed by atoms with E-state index in [0.29, 0.717) is 17.9 Å². The Morgan fingerprint density at radius 3 is 2.45 bits per heavy atom. The molecule has 5 rings (SSSR count). The maximum Gasteiger partial charge on any atom is 0.331 e. The molecule has 0 amide bonds. The highest BCUT2D eigenvalue weighted by Gasteiger charge is 2.63. The van der Waals surface area contributed by atoms with E-state index >= 15 is 0 Å². The number of fused-ring (bicyclic) bond motifs is 2. The monoisotopic (exact) mass is 564 g/mol. The van der Waals surface area contributed by atoms with Gasteiger partial charge in [0.25, 0.3) is 0 Å². The number of carbonyl (C=O) groups excluding carboxylic acids is 1. The minimum absolute atomic E-state index is 0.00663. The molecule has 0 aromatic heterocycles. The molecule has 8 unspecified atom stereocenters. The topological polar surface area (TPSA) is 120 Å². The van der Waals surface area contributed by atoms with E-state index in [1.807, 2.05) is 27.7 Å². The molecule has 4 saturated heterocycles. The van der Waals surface area contributed by atoms with Crippen LogP contribution in [0, 0.1) is 0 Å². The Morgan fingerprint density at radius 2 is 1.73 bits per heavy atom. The molecule has 4 heterocycles. The van der Waals surface area contributed by atoms with Gasteiger partial charge in [0.2, 0.25) is 0 Å². The third kappa shape index (κ3) is 5.61. The summed E-state index contributed by atoms with van der Waals surface area (Å²) in [4.78, 5) is 13.0. The van der Waals surface area contributed by atoms with Crippen molar-refractivity contribution in [2.45, 2.75) is 115 Å². The summed E-state index contributed by atoms with van der Waals surface area (Å²) in [7, 11) is 1.45. The van der Waals surface area contributed by atoms with E-state index < -0.39 is 53.9 Å². The zero-order valence-electron chi connectivity index (χ0n) is 24.2. The van der Waals surface area contributed by atoms with Crippen LogP contribution in [-0.4, -0.2) is 91.0 Å². The highest BCUT2D eigenvalue weighted by Crippen LogP contribution is 2.46. The maximum absolute atomic E-state index is 13.0. The number of phenolic OH excluding ortho intramolecular Hbond substituents is 1. The number of aromatic hydroxyl groups is 1. The van der Waals surface area contributed by atoms with Gasteiger partial charge in [-0.1, -0.05) is 6.07 Å². The van der Waals surface area contributed by atoms with E-state index in [2.05, 4.69) is 0 Å². The molecular formula is C29H40O11. The van der Waals surface area contributed by atoms with Crippen molar-refractivity contribution < 1.29 is 52.5 Å². The van der Waals surface area contributed by atoms with Gasteiger partial charge in [-0.15, -0.1) is 0 Å². The van der Waals surface area contributed by atoms with Crippen molar-refractivity contribution in [3.63, 3.8) is 0 Å². The van der Waals surface area contributed by atoms with E-state index in [1.54, 1.807) is 39.0 Å². The van der Waals surface area contributed by atoms with Gasteiger partial charge in [-0.25, -0.2) is 4.79 Å². The van der Waals surface area contributed by atoms with Gasteiger partial charge in [0.15, 0.2) is 35.0 Å². The molecule has 0 saturated carbocycles. The van der Waals surface area contributed by atoms with Gasteiger partial charge < -0.3 is 47.7 Å². The highest BCUT2D eigenvalue weighted by atomic mass is 16.8. The first kappa shape index (κ1) is 29.2. The third-order valence-corrected chi connectivity index (χ3v) is 7.87. The zero-order chi connectivity index (χ0) is 29.0. The van der Waals surface area contributed by atoms with Gasteiger partial charge in [-0.3, -0.25) is 0 Å². The highest BCUT2D eigenvalue weighted by molar-refractivity contribution is 5.87. The van der Waals surface area contributed by atoms with Crippen LogP contribution in [-0.2, 0) is 42.7 Å². The molecule has 4 fully saturated rings. The second-order valence-electron chi connectivity index (χ2n) is 11.8. The largest absolute Gasteiger partial charge is 0.504 e. The predicted octanol–water partition coefficient (Wildman–Crippen LogP) is 3.30. The number of ether oxygens (including phenoxy) is 9. The van der Waals surface area contributed by atoms with Gasteiger partial charge in [0, 0.05) is 6.08 Å². The molecule has 9 atom stereocenters. The van der Waals surface area contributed by atoms with Crippen LogP contribution in [0.15, 0.2) is 24.3 Å². The van der Waals surface area contributed by atoms with Gasteiger partial charge in [-0.2, -0.15) is 0 Å². The number of esters is 1. The lowest BCUT2D eigenvalue weighted by Crippen LogP contribution is -2.66. The molecule has 1 aromatic carbocycles. The van der Waals surface area contributed by atoms with Crippen molar-refractivity contribution in [1.29, 1.82) is 0 Å². The fourth-order valence-electron chi connectivity index (χ4n) is 5.76. The van der Waals surface area contributed by atoms with Crippen molar-refractivity contribution in [1.82, 2.24) is 0 Å². The number of carbonyl (C=O) groups is 1. The lowest BCUT2D eigenvalue weighted by atomic mass is 9.86. The van der Waals surface area contributed by atoms with Crippen molar-refractivity contribution in [3.05, 3.63) is 29.8 Å². The molecule has 11 nitrogen and oxygen atoms in total. The second kappa shape index (κ2) is 10.5. The number of phenols is 1. The first-order valence-corrected chi connectivity index (χ1v) is 13.6. The molecular weight excluding hydrogens is 524 g/mol. The quantitative estimate of drug-likeness (QED) is 0.405. The first-order valence-electron chi connectivity index (χ1n) is 13.6. The predicted molar refractivity (Wildman–Crippen MR) is 140 cm³/mol. The van der Waals surface area contributed by atoms with E-state index in [0.717, 1.165) is 0 Å². The molecule has 0 spiro atoms. The minimum Gasteiger partial charge on any atom is -0.504 e. The molecule has 1 aromatic rings. The molecule has 40 heavy (non-hydrogen) atoms. The summed E-state index contributed by atoms with van der Waals surface area (Å²) in [6.45, 7) is 13.2. The summed E-state index contributed by atoms with van der Waals surface area (Å²) in [6.07, 6.45) is -1.32. The maximum atomic E-state index is 13.0. The molecule has 222 valence electrons. The summed E-state index contributed by atoms with van der Waals surface area (Å²) in [5, 5.41) is 9.82. The molecule has 4 aliphatic rings. The van der Waals surface area contributed by atoms with Crippen LogP contribution in [0.5, 0.6) is 11.5 Å². The summed E-state index contributed by atoms with van der Waals surface area (Å²) in [5.74, 6) is -2.01. The SMILES string of the molecule is COc1cc(/C=C/C(=O)O[C@]2(C)C(C)OC(OC3C(C)OCC4OC(C)(C)OC43)C3OC(C)(C)OC32)ccc1O. The molecule has 11 heteroatoms. The Balaban J connectivity index is 1.33. The van der Waals surface area contributed by atoms with Crippen LogP contribution >= 0.6 is 0 Å². The van der Waals surface area contributed by atoms with Crippen molar-refractivity contribution in [3.8, 4) is 11.5 Å². The number of hydrogen-bond donors (Lipinski definition) is 1. The third-order valence-electron chi connectivity index (χ3n) is 7.87. The van der Waals surface area contributed by atoms with Crippen LogP contribution in [0.3, 0.4) is 0 Å². The molecule has 4 aliphatic heterocycles. The lowest BCUT2D eigenvalue weighted by Gasteiger charge is -2.48. The fourth-order valence-corrected chi connectivity index (χ4v) is 5.76. The zero-order valence-corrected chi connectivity index (χ0v) is 24.2. The van der Waals surface area contributed by atoms with E-state index in [9.17, 15) is 9.90 Å². The van der Waals surface area contributed by atoms with Crippen LogP contribution in [0.25, 0.3) is 6.08 Å². The summed E-state index contributed by atoms with van der Waals surface area (Å²) in [5.41, 5.74) is -0.542. The molecule has 1 N–H and O–H groups in total. The van der Waals surface area contributed by atoms with Crippen molar-refractivity contribution >= 4 is 12.0 Å². The van der Waals surface area contributed by atoms with Gasteiger partial charge >= 0.3 is 5.97 Å². The normalized spacial score (nSPS) is 40.0. The summed E-state index contributed by atoms with van der Waals surface area (Å²) >= 11 is 0. The number of hydrogen-bond acceptors (Lipinski definition) is 11. The Bertz CT molecular complexity index is 1130. The lowest BCUT2D eigenvalue weighted by molar-refractivity contribution is -0.327. The molecule has 0 aliphatic carbocycles. The first-order chi connectivity index (χ1) is 18.7. The van der Waals surface area contributed by atoms with Crippen molar-refractivity contribution in [2.24, 2.45) is 0 Å². The van der Waals surface area contributed by atoms with Crippen LogP contribution < -0.4 is 4.74 Å². The van der Waals surface area contributed by atoms with E-state index in [4.69, 9.17) is 42.6 Å². The smallest absolute Gasteiger partial charge is 0.331 e.